The van der Waals surface area contributed by atoms with Crippen LogP contribution in [0.15, 0.2) is 42.5 Å². The zero-order chi connectivity index (χ0) is 15.4. The molecule has 0 fully saturated rings. The van der Waals surface area contributed by atoms with Gasteiger partial charge in [0.15, 0.2) is 0 Å². The largest absolute Gasteiger partial charge is 0.478 e. The number of benzene rings is 2. The highest BCUT2D eigenvalue weighted by Gasteiger charge is 2.12. The van der Waals surface area contributed by atoms with Crippen LogP contribution < -0.4 is 5.32 Å². The quantitative estimate of drug-likeness (QED) is 0.910. The molecular weight excluding hydrogens is 297 g/mol. The SMILES string of the molecule is O=C(Cc1c(F)cccc1Cl)Nc1ccc(C(=O)O)cc1. The van der Waals surface area contributed by atoms with Gasteiger partial charge in [0.1, 0.15) is 5.82 Å². The molecule has 0 atom stereocenters. The lowest BCUT2D eigenvalue weighted by atomic mass is 10.1. The summed E-state index contributed by atoms with van der Waals surface area (Å²) in [6.45, 7) is 0. The highest BCUT2D eigenvalue weighted by Crippen LogP contribution is 2.20. The van der Waals surface area contributed by atoms with Crippen LogP contribution in [0.5, 0.6) is 0 Å². The first kappa shape index (κ1) is 15.0. The van der Waals surface area contributed by atoms with Gasteiger partial charge in [0, 0.05) is 16.3 Å². The van der Waals surface area contributed by atoms with Crippen molar-refractivity contribution in [2.45, 2.75) is 6.42 Å². The fourth-order valence-corrected chi connectivity index (χ4v) is 1.99. The Morgan fingerprint density at radius 2 is 1.81 bits per heavy atom. The average molecular weight is 308 g/mol. The normalized spacial score (nSPS) is 10.2. The summed E-state index contributed by atoms with van der Waals surface area (Å²) in [5.41, 5.74) is 0.668. The highest BCUT2D eigenvalue weighted by molar-refractivity contribution is 6.31. The predicted octanol–water partition coefficient (Wildman–Crippen LogP) is 3.36. The van der Waals surface area contributed by atoms with E-state index in [4.69, 9.17) is 16.7 Å². The van der Waals surface area contributed by atoms with Gasteiger partial charge in [-0.05, 0) is 36.4 Å². The van der Waals surface area contributed by atoms with Gasteiger partial charge in [-0.2, -0.15) is 0 Å². The molecule has 2 N–H and O–H groups in total. The Kier molecular flexibility index (Phi) is 4.55. The van der Waals surface area contributed by atoms with Gasteiger partial charge in [-0.25, -0.2) is 9.18 Å². The van der Waals surface area contributed by atoms with Crippen LogP contribution in [0.1, 0.15) is 15.9 Å². The third-order valence-corrected chi connectivity index (χ3v) is 3.17. The predicted molar refractivity (Wildman–Crippen MR) is 77.1 cm³/mol. The minimum atomic E-state index is -1.05. The molecule has 0 spiro atoms. The van der Waals surface area contributed by atoms with Gasteiger partial charge < -0.3 is 10.4 Å². The van der Waals surface area contributed by atoms with Gasteiger partial charge in [-0.15, -0.1) is 0 Å². The lowest BCUT2D eigenvalue weighted by Crippen LogP contribution is -2.15. The molecule has 2 rings (SSSR count). The summed E-state index contributed by atoms with van der Waals surface area (Å²) in [5.74, 6) is -2.03. The third kappa shape index (κ3) is 3.79. The first-order valence-corrected chi connectivity index (χ1v) is 6.41. The minimum Gasteiger partial charge on any atom is -0.478 e. The van der Waals surface area contributed by atoms with E-state index in [1.54, 1.807) is 0 Å². The van der Waals surface area contributed by atoms with E-state index in [0.29, 0.717) is 5.69 Å². The van der Waals surface area contributed by atoms with E-state index in [1.165, 1.54) is 42.5 Å². The summed E-state index contributed by atoms with van der Waals surface area (Å²) in [7, 11) is 0. The molecule has 0 aromatic heterocycles. The van der Waals surface area contributed by atoms with Crippen molar-refractivity contribution in [3.05, 3.63) is 64.4 Å². The third-order valence-electron chi connectivity index (χ3n) is 2.81. The Morgan fingerprint density at radius 3 is 2.38 bits per heavy atom. The summed E-state index contributed by atoms with van der Waals surface area (Å²) in [4.78, 5) is 22.6. The van der Waals surface area contributed by atoms with E-state index < -0.39 is 17.7 Å². The molecule has 21 heavy (non-hydrogen) atoms. The van der Waals surface area contributed by atoms with Crippen molar-refractivity contribution in [1.82, 2.24) is 0 Å². The maximum atomic E-state index is 13.6. The Balaban J connectivity index is 2.06. The lowest BCUT2D eigenvalue weighted by Gasteiger charge is -2.07. The molecule has 0 aliphatic rings. The van der Waals surface area contributed by atoms with Gasteiger partial charge >= 0.3 is 5.97 Å². The second-order valence-corrected chi connectivity index (χ2v) is 4.71. The van der Waals surface area contributed by atoms with Crippen molar-refractivity contribution >= 4 is 29.2 Å². The van der Waals surface area contributed by atoms with E-state index in [-0.39, 0.29) is 22.6 Å². The molecule has 0 aliphatic carbocycles. The Bertz CT molecular complexity index is 666. The molecule has 108 valence electrons. The van der Waals surface area contributed by atoms with Crippen molar-refractivity contribution in [2.24, 2.45) is 0 Å². The number of anilines is 1. The number of carbonyl (C=O) groups is 2. The molecule has 0 radical (unpaired) electrons. The fourth-order valence-electron chi connectivity index (χ4n) is 1.76. The number of rotatable bonds is 4. The summed E-state index contributed by atoms with van der Waals surface area (Å²) in [5, 5.41) is 11.5. The standard InChI is InChI=1S/C15H11ClFNO3/c16-12-2-1-3-13(17)11(12)8-14(19)18-10-6-4-9(5-7-10)15(20)21/h1-7H,8H2,(H,18,19)(H,20,21). The van der Waals surface area contributed by atoms with Gasteiger partial charge in [-0.1, -0.05) is 17.7 Å². The number of hydrogen-bond donors (Lipinski definition) is 2. The summed E-state index contributed by atoms with van der Waals surface area (Å²) < 4.78 is 13.6. The number of carboxylic acids is 1. The zero-order valence-corrected chi connectivity index (χ0v) is 11.5. The average Bonchev–Trinajstić information content (AvgIpc) is 2.43. The molecule has 1 amide bonds. The molecule has 0 aliphatic heterocycles. The number of carboxylic acid groups (broad SMARTS) is 1. The molecule has 6 heteroatoms. The molecular formula is C15H11ClFNO3. The summed E-state index contributed by atoms with van der Waals surface area (Å²) in [6.07, 6.45) is -0.202. The fraction of sp³-hybridized carbons (Fsp3) is 0.0667. The number of aromatic carboxylic acids is 1. The van der Waals surface area contributed by atoms with Crippen molar-refractivity contribution < 1.29 is 19.1 Å². The number of nitrogens with one attached hydrogen (secondary N) is 1. The molecule has 0 saturated carbocycles. The monoisotopic (exact) mass is 307 g/mol. The number of amides is 1. The van der Waals surface area contributed by atoms with Crippen LogP contribution in [0.2, 0.25) is 5.02 Å². The van der Waals surface area contributed by atoms with Crippen LogP contribution in [0.3, 0.4) is 0 Å². The molecule has 2 aromatic rings. The zero-order valence-electron chi connectivity index (χ0n) is 10.8. The van der Waals surface area contributed by atoms with E-state index in [0.717, 1.165) is 0 Å². The van der Waals surface area contributed by atoms with Crippen LogP contribution in [-0.2, 0) is 11.2 Å². The molecule has 0 unspecified atom stereocenters. The van der Waals surface area contributed by atoms with Crippen LogP contribution >= 0.6 is 11.6 Å². The molecule has 0 saturated heterocycles. The lowest BCUT2D eigenvalue weighted by molar-refractivity contribution is -0.115. The first-order valence-electron chi connectivity index (χ1n) is 6.03. The van der Waals surface area contributed by atoms with E-state index in [2.05, 4.69) is 5.32 Å². The van der Waals surface area contributed by atoms with Gasteiger partial charge in [0.2, 0.25) is 5.91 Å². The second kappa shape index (κ2) is 6.37. The van der Waals surface area contributed by atoms with Gasteiger partial charge in [0.05, 0.1) is 12.0 Å². The molecule has 4 nitrogen and oxygen atoms in total. The van der Waals surface area contributed by atoms with Crippen LogP contribution in [0, 0.1) is 5.82 Å². The van der Waals surface area contributed by atoms with E-state index in [1.807, 2.05) is 0 Å². The van der Waals surface area contributed by atoms with Gasteiger partial charge in [0.25, 0.3) is 0 Å². The Morgan fingerprint density at radius 1 is 1.14 bits per heavy atom. The Hall–Kier alpha value is -2.40. The highest BCUT2D eigenvalue weighted by atomic mass is 35.5. The van der Waals surface area contributed by atoms with Crippen molar-refractivity contribution in [2.75, 3.05) is 5.32 Å². The number of carbonyl (C=O) groups excluding carboxylic acids is 1. The van der Waals surface area contributed by atoms with Crippen LogP contribution in [-0.4, -0.2) is 17.0 Å². The van der Waals surface area contributed by atoms with Gasteiger partial charge in [-0.3, -0.25) is 4.79 Å². The van der Waals surface area contributed by atoms with Crippen LogP contribution in [0.4, 0.5) is 10.1 Å². The first-order chi connectivity index (χ1) is 9.97. The summed E-state index contributed by atoms with van der Waals surface area (Å²) in [6, 6.07) is 9.87. The van der Waals surface area contributed by atoms with Crippen molar-refractivity contribution in [1.29, 1.82) is 0 Å². The van der Waals surface area contributed by atoms with Crippen molar-refractivity contribution in [3.63, 3.8) is 0 Å². The second-order valence-electron chi connectivity index (χ2n) is 4.31. The molecule has 0 bridgehead atoms. The maximum Gasteiger partial charge on any atom is 0.335 e. The van der Waals surface area contributed by atoms with E-state index >= 15 is 0 Å². The minimum absolute atomic E-state index is 0.116. The molecule has 0 heterocycles. The Labute approximate surface area is 125 Å². The number of halogens is 2. The van der Waals surface area contributed by atoms with Crippen molar-refractivity contribution in [3.8, 4) is 0 Å². The number of hydrogen-bond acceptors (Lipinski definition) is 2. The molecule has 2 aromatic carbocycles. The smallest absolute Gasteiger partial charge is 0.335 e. The summed E-state index contributed by atoms with van der Waals surface area (Å²) >= 11 is 5.85. The topological polar surface area (TPSA) is 66.4 Å². The maximum absolute atomic E-state index is 13.6. The van der Waals surface area contributed by atoms with Crippen LogP contribution in [0.25, 0.3) is 0 Å². The van der Waals surface area contributed by atoms with E-state index in [9.17, 15) is 14.0 Å².